The Bertz CT molecular complexity index is 465. The average Bonchev–Trinajstić information content (AvgIpc) is 2.40. The lowest BCUT2D eigenvalue weighted by Crippen LogP contribution is -2.30. The topological polar surface area (TPSA) is 83.1 Å². The van der Waals surface area contributed by atoms with Gasteiger partial charge in [0.2, 0.25) is 5.91 Å². The summed E-state index contributed by atoms with van der Waals surface area (Å²) in [5, 5.41) is 8.35. The summed E-state index contributed by atoms with van der Waals surface area (Å²) in [6, 6.07) is 3.31. The number of aromatic nitrogens is 1. The van der Waals surface area contributed by atoms with Crippen molar-refractivity contribution in [3.8, 4) is 0 Å². The van der Waals surface area contributed by atoms with E-state index in [4.69, 9.17) is 11.6 Å². The molecule has 1 aromatic heterocycles. The minimum absolute atomic E-state index is 0.138. The van der Waals surface area contributed by atoms with Crippen molar-refractivity contribution in [3.63, 3.8) is 0 Å². The fraction of sp³-hybridized carbons (Fsp3) is 0.417. The zero-order chi connectivity index (χ0) is 14.3. The van der Waals surface area contributed by atoms with Gasteiger partial charge in [-0.05, 0) is 19.1 Å². The van der Waals surface area contributed by atoms with E-state index in [9.17, 15) is 9.59 Å². The number of anilines is 1. The highest BCUT2D eigenvalue weighted by Crippen LogP contribution is 2.16. The van der Waals surface area contributed by atoms with Crippen LogP contribution in [0.2, 0.25) is 5.02 Å². The van der Waals surface area contributed by atoms with Crippen molar-refractivity contribution in [2.24, 2.45) is 0 Å². The number of hydrogen-bond acceptors (Lipinski definition) is 4. The lowest BCUT2D eigenvalue weighted by molar-refractivity contribution is -0.120. The van der Waals surface area contributed by atoms with Crippen LogP contribution in [-0.4, -0.2) is 36.9 Å². The molecule has 1 aromatic rings. The number of carbonyl (C=O) groups excluding carboxylic acids is 2. The van der Waals surface area contributed by atoms with Crippen molar-refractivity contribution in [1.82, 2.24) is 15.6 Å². The molecule has 6 nitrogen and oxygen atoms in total. The zero-order valence-corrected chi connectivity index (χ0v) is 11.7. The van der Waals surface area contributed by atoms with E-state index in [0.29, 0.717) is 12.4 Å². The predicted octanol–water partition coefficient (Wildman–Crippen LogP) is 1.03. The third-order valence-corrected chi connectivity index (χ3v) is 2.64. The Labute approximate surface area is 116 Å². The van der Waals surface area contributed by atoms with Crippen LogP contribution < -0.4 is 16.0 Å². The van der Waals surface area contributed by atoms with Gasteiger partial charge in [0.15, 0.2) is 0 Å². The number of nitrogens with one attached hydrogen (secondary N) is 3. The molecule has 1 heterocycles. The van der Waals surface area contributed by atoms with Gasteiger partial charge in [0, 0.05) is 26.6 Å². The smallest absolute Gasteiger partial charge is 0.271 e. The molecule has 0 atom stereocenters. The number of carbonyl (C=O) groups is 2. The molecule has 0 aliphatic heterocycles. The molecule has 7 heteroatoms. The molecule has 0 bridgehead atoms. The van der Waals surface area contributed by atoms with E-state index in [-0.39, 0.29) is 29.6 Å². The van der Waals surface area contributed by atoms with Gasteiger partial charge in [-0.2, -0.15) is 0 Å². The zero-order valence-electron chi connectivity index (χ0n) is 10.9. The molecule has 19 heavy (non-hydrogen) atoms. The Kier molecular flexibility index (Phi) is 6.08. The molecule has 0 aliphatic rings. The van der Waals surface area contributed by atoms with Crippen molar-refractivity contribution in [2.75, 3.05) is 25.5 Å². The summed E-state index contributed by atoms with van der Waals surface area (Å²) in [6.07, 6.45) is 0.215. The predicted molar refractivity (Wildman–Crippen MR) is 74.4 cm³/mol. The van der Waals surface area contributed by atoms with E-state index in [1.165, 1.54) is 0 Å². The molecule has 0 fully saturated rings. The molecule has 1 rings (SSSR count). The van der Waals surface area contributed by atoms with Crippen molar-refractivity contribution in [1.29, 1.82) is 0 Å². The van der Waals surface area contributed by atoms with Crippen molar-refractivity contribution in [3.05, 3.63) is 22.8 Å². The number of nitrogens with zero attached hydrogens (tertiary/aromatic N) is 1. The average molecular weight is 285 g/mol. The number of pyridine rings is 1. The second-order valence-corrected chi connectivity index (χ2v) is 4.14. The largest absolute Gasteiger partial charge is 0.370 e. The first-order chi connectivity index (χ1) is 9.08. The fourth-order valence-electron chi connectivity index (χ4n) is 1.38. The minimum Gasteiger partial charge on any atom is -0.370 e. The Balaban J connectivity index is 2.65. The molecular formula is C12H17ClN4O2. The first-order valence-electron chi connectivity index (χ1n) is 5.97. The van der Waals surface area contributed by atoms with Gasteiger partial charge < -0.3 is 16.0 Å². The molecule has 0 aliphatic carbocycles. The molecular weight excluding hydrogens is 268 g/mol. The van der Waals surface area contributed by atoms with Crippen LogP contribution in [0.25, 0.3) is 0 Å². The van der Waals surface area contributed by atoms with Gasteiger partial charge in [0.05, 0.1) is 5.02 Å². The van der Waals surface area contributed by atoms with Crippen molar-refractivity contribution in [2.45, 2.75) is 13.3 Å². The lowest BCUT2D eigenvalue weighted by Gasteiger charge is -2.08. The van der Waals surface area contributed by atoms with Gasteiger partial charge in [-0.3, -0.25) is 9.59 Å². The third kappa shape index (κ3) is 4.75. The highest BCUT2D eigenvalue weighted by Gasteiger charge is 2.13. The molecule has 0 unspecified atom stereocenters. The molecule has 104 valence electrons. The van der Waals surface area contributed by atoms with Gasteiger partial charge in [-0.15, -0.1) is 0 Å². The molecule has 2 amide bonds. The summed E-state index contributed by atoms with van der Waals surface area (Å²) < 4.78 is 0. The maximum atomic E-state index is 11.9. The Morgan fingerprint density at radius 2 is 2.11 bits per heavy atom. The van der Waals surface area contributed by atoms with Crippen LogP contribution in [0.5, 0.6) is 0 Å². The van der Waals surface area contributed by atoms with E-state index in [2.05, 4.69) is 20.9 Å². The molecule has 0 saturated carbocycles. The Morgan fingerprint density at radius 3 is 2.74 bits per heavy atom. The van der Waals surface area contributed by atoms with E-state index >= 15 is 0 Å². The Morgan fingerprint density at radius 1 is 1.37 bits per heavy atom. The van der Waals surface area contributed by atoms with Crippen LogP contribution in [0.15, 0.2) is 12.1 Å². The summed E-state index contributed by atoms with van der Waals surface area (Å²) in [5.41, 5.74) is 0.150. The van der Waals surface area contributed by atoms with Crippen LogP contribution in [0.4, 0.5) is 5.82 Å². The van der Waals surface area contributed by atoms with Gasteiger partial charge in [0.1, 0.15) is 11.5 Å². The minimum atomic E-state index is -0.395. The number of amides is 2. The SMILES string of the molecule is CCNc1ccc(Cl)c(C(=O)NCCC(=O)NC)n1. The van der Waals surface area contributed by atoms with Gasteiger partial charge in [-0.25, -0.2) is 4.98 Å². The van der Waals surface area contributed by atoms with E-state index in [0.717, 1.165) is 0 Å². The van der Waals surface area contributed by atoms with Crippen LogP contribution in [0, 0.1) is 0 Å². The molecule has 0 saturated heterocycles. The van der Waals surface area contributed by atoms with Crippen LogP contribution >= 0.6 is 11.6 Å². The van der Waals surface area contributed by atoms with Crippen LogP contribution in [0.3, 0.4) is 0 Å². The fourth-order valence-corrected chi connectivity index (χ4v) is 1.57. The van der Waals surface area contributed by atoms with Crippen molar-refractivity contribution < 1.29 is 9.59 Å². The monoisotopic (exact) mass is 284 g/mol. The summed E-state index contributed by atoms with van der Waals surface area (Å²) in [7, 11) is 1.54. The summed E-state index contributed by atoms with van der Waals surface area (Å²) in [4.78, 5) is 27.0. The second-order valence-electron chi connectivity index (χ2n) is 3.74. The number of rotatable bonds is 6. The molecule has 0 spiro atoms. The van der Waals surface area contributed by atoms with E-state index < -0.39 is 5.91 Å². The number of hydrogen-bond donors (Lipinski definition) is 3. The van der Waals surface area contributed by atoms with E-state index in [1.54, 1.807) is 19.2 Å². The van der Waals surface area contributed by atoms with Crippen LogP contribution in [-0.2, 0) is 4.79 Å². The standard InChI is InChI=1S/C12H17ClN4O2/c1-3-15-9-5-4-8(13)11(17-9)12(19)16-7-6-10(18)14-2/h4-5H,3,6-7H2,1-2H3,(H,14,18)(H,15,17)(H,16,19). The first-order valence-corrected chi connectivity index (χ1v) is 6.35. The Hall–Kier alpha value is -1.82. The highest BCUT2D eigenvalue weighted by molar-refractivity contribution is 6.33. The second kappa shape index (κ2) is 7.58. The van der Waals surface area contributed by atoms with Crippen molar-refractivity contribution >= 4 is 29.2 Å². The molecule has 0 radical (unpaired) electrons. The first kappa shape index (κ1) is 15.2. The normalized spacial score (nSPS) is 9.84. The number of halogens is 1. The lowest BCUT2D eigenvalue weighted by atomic mass is 10.3. The van der Waals surface area contributed by atoms with Gasteiger partial charge in [-0.1, -0.05) is 11.6 Å². The quantitative estimate of drug-likeness (QED) is 0.729. The van der Waals surface area contributed by atoms with Gasteiger partial charge >= 0.3 is 0 Å². The maximum Gasteiger partial charge on any atom is 0.271 e. The molecule has 3 N–H and O–H groups in total. The maximum absolute atomic E-state index is 11.9. The summed E-state index contributed by atoms with van der Waals surface area (Å²) in [6.45, 7) is 2.87. The van der Waals surface area contributed by atoms with Crippen LogP contribution in [0.1, 0.15) is 23.8 Å². The summed E-state index contributed by atoms with van der Waals surface area (Å²) in [5.74, 6) is 0.0535. The third-order valence-electron chi connectivity index (χ3n) is 2.34. The van der Waals surface area contributed by atoms with E-state index in [1.807, 2.05) is 6.92 Å². The highest BCUT2D eigenvalue weighted by atomic mass is 35.5. The molecule has 0 aromatic carbocycles. The summed E-state index contributed by atoms with van der Waals surface area (Å²) >= 11 is 5.93. The van der Waals surface area contributed by atoms with Gasteiger partial charge in [0.25, 0.3) is 5.91 Å².